The van der Waals surface area contributed by atoms with Crippen LogP contribution in [-0.2, 0) is 17.8 Å². The molecule has 0 spiro atoms. The molecule has 1 aliphatic heterocycles. The van der Waals surface area contributed by atoms with Gasteiger partial charge in [-0.25, -0.2) is 0 Å². The number of benzene rings is 2. The molecule has 1 aromatic heterocycles. The van der Waals surface area contributed by atoms with Gasteiger partial charge in [0.25, 0.3) is 0 Å². The topological polar surface area (TPSA) is 62.5 Å². The molecule has 3 aromatic rings. The summed E-state index contributed by atoms with van der Waals surface area (Å²) in [5.41, 5.74) is 3.36. The fourth-order valence-electron chi connectivity index (χ4n) is 3.62. The number of hydrogen-bond acceptors (Lipinski definition) is 5. The number of hydrogen-bond donors (Lipinski definition) is 0. The van der Waals surface area contributed by atoms with Gasteiger partial charge in [-0.2, -0.15) is 0 Å². The van der Waals surface area contributed by atoms with E-state index in [0.29, 0.717) is 24.6 Å². The van der Waals surface area contributed by atoms with Crippen molar-refractivity contribution < 1.29 is 9.21 Å². The molecule has 1 amide bonds. The predicted octanol–water partition coefficient (Wildman–Crippen LogP) is 3.32. The molecule has 1 aliphatic rings. The van der Waals surface area contributed by atoms with Crippen molar-refractivity contribution in [1.29, 1.82) is 0 Å². The van der Waals surface area contributed by atoms with E-state index in [2.05, 4.69) is 39.4 Å². The Bertz CT molecular complexity index is 946. The second-order valence-electron chi connectivity index (χ2n) is 7.51. The Balaban J connectivity index is 1.24. The van der Waals surface area contributed by atoms with Crippen LogP contribution in [0.1, 0.15) is 23.4 Å². The number of nitrogens with zero attached hydrogens (tertiary/aromatic N) is 4. The van der Waals surface area contributed by atoms with Crippen molar-refractivity contribution in [2.45, 2.75) is 26.3 Å². The number of carbonyl (C=O) groups excluding carboxylic acids is 1. The van der Waals surface area contributed by atoms with E-state index in [4.69, 9.17) is 4.42 Å². The van der Waals surface area contributed by atoms with Crippen LogP contribution in [0.3, 0.4) is 0 Å². The Hall–Kier alpha value is -2.99. The van der Waals surface area contributed by atoms with E-state index in [9.17, 15) is 4.79 Å². The van der Waals surface area contributed by atoms with E-state index >= 15 is 0 Å². The number of carbonyl (C=O) groups is 1. The van der Waals surface area contributed by atoms with Crippen LogP contribution in [0.5, 0.6) is 0 Å². The van der Waals surface area contributed by atoms with Crippen molar-refractivity contribution in [3.05, 3.63) is 71.6 Å². The predicted molar refractivity (Wildman–Crippen MR) is 111 cm³/mol. The van der Waals surface area contributed by atoms with Crippen LogP contribution < -0.4 is 0 Å². The normalized spacial score (nSPS) is 14.9. The van der Waals surface area contributed by atoms with Crippen LogP contribution in [-0.4, -0.2) is 52.1 Å². The third-order valence-electron chi connectivity index (χ3n) is 5.26. The lowest BCUT2D eigenvalue weighted by atomic mass is 10.1. The molecule has 1 fully saturated rings. The average Bonchev–Trinajstić information content (AvgIpc) is 3.22. The first-order valence-electron chi connectivity index (χ1n) is 10.1. The van der Waals surface area contributed by atoms with Gasteiger partial charge in [0, 0.05) is 51.1 Å². The SMILES string of the molecule is Cc1cccc(-c2nnc(CCC(=O)N3CCN(Cc4ccccc4)CC3)o2)c1. The lowest BCUT2D eigenvalue weighted by Crippen LogP contribution is -2.48. The second kappa shape index (κ2) is 9.01. The highest BCUT2D eigenvalue weighted by Crippen LogP contribution is 2.19. The molecule has 0 unspecified atom stereocenters. The van der Waals surface area contributed by atoms with Crippen LogP contribution >= 0.6 is 0 Å². The van der Waals surface area contributed by atoms with Crippen molar-refractivity contribution >= 4 is 5.91 Å². The van der Waals surface area contributed by atoms with Crippen molar-refractivity contribution in [2.75, 3.05) is 26.2 Å². The van der Waals surface area contributed by atoms with Crippen molar-refractivity contribution in [1.82, 2.24) is 20.0 Å². The molecule has 6 nitrogen and oxygen atoms in total. The minimum absolute atomic E-state index is 0.152. The number of piperazine rings is 1. The molecule has 4 rings (SSSR count). The highest BCUT2D eigenvalue weighted by molar-refractivity contribution is 5.76. The molecule has 0 N–H and O–H groups in total. The quantitative estimate of drug-likeness (QED) is 0.646. The zero-order valence-electron chi connectivity index (χ0n) is 16.8. The van der Waals surface area contributed by atoms with Crippen LogP contribution in [0.15, 0.2) is 59.0 Å². The minimum Gasteiger partial charge on any atom is -0.421 e. The van der Waals surface area contributed by atoms with Gasteiger partial charge >= 0.3 is 0 Å². The van der Waals surface area contributed by atoms with Gasteiger partial charge in [0.15, 0.2) is 0 Å². The maximum Gasteiger partial charge on any atom is 0.247 e. The number of rotatable bonds is 6. The maximum absolute atomic E-state index is 12.6. The highest BCUT2D eigenvalue weighted by atomic mass is 16.4. The van der Waals surface area contributed by atoms with Gasteiger partial charge in [-0.05, 0) is 24.6 Å². The van der Waals surface area contributed by atoms with Crippen molar-refractivity contribution in [3.63, 3.8) is 0 Å². The van der Waals surface area contributed by atoms with E-state index in [-0.39, 0.29) is 5.91 Å². The first-order valence-corrected chi connectivity index (χ1v) is 10.1. The Kier molecular flexibility index (Phi) is 6.00. The minimum atomic E-state index is 0.152. The summed E-state index contributed by atoms with van der Waals surface area (Å²) in [7, 11) is 0. The third kappa shape index (κ3) is 5.09. The van der Waals surface area contributed by atoms with E-state index in [1.165, 1.54) is 5.56 Å². The summed E-state index contributed by atoms with van der Waals surface area (Å²) >= 11 is 0. The van der Waals surface area contributed by atoms with E-state index in [1.807, 2.05) is 42.2 Å². The van der Waals surface area contributed by atoms with Crippen LogP contribution in [0.4, 0.5) is 0 Å². The molecule has 0 aliphatic carbocycles. The molecular formula is C23H26N4O2. The molecule has 1 saturated heterocycles. The van der Waals surface area contributed by atoms with E-state index in [0.717, 1.165) is 43.9 Å². The third-order valence-corrected chi connectivity index (χ3v) is 5.26. The summed E-state index contributed by atoms with van der Waals surface area (Å²) in [5.74, 6) is 1.17. The maximum atomic E-state index is 12.6. The molecule has 150 valence electrons. The first kappa shape index (κ1) is 19.3. The van der Waals surface area contributed by atoms with Crippen LogP contribution in [0.2, 0.25) is 0 Å². The van der Waals surface area contributed by atoms with Gasteiger partial charge in [0.2, 0.25) is 17.7 Å². The smallest absolute Gasteiger partial charge is 0.247 e. The fourth-order valence-corrected chi connectivity index (χ4v) is 3.62. The molecule has 0 bridgehead atoms. The largest absolute Gasteiger partial charge is 0.421 e. The number of aromatic nitrogens is 2. The number of amides is 1. The lowest BCUT2D eigenvalue weighted by molar-refractivity contribution is -0.133. The molecule has 2 aromatic carbocycles. The summed E-state index contributed by atoms with van der Waals surface area (Å²) in [4.78, 5) is 16.9. The summed E-state index contributed by atoms with van der Waals surface area (Å²) in [5, 5.41) is 8.22. The average molecular weight is 390 g/mol. The van der Waals surface area contributed by atoms with Gasteiger partial charge in [-0.1, -0.05) is 48.0 Å². The molecule has 2 heterocycles. The summed E-state index contributed by atoms with van der Waals surface area (Å²) in [6.07, 6.45) is 0.871. The Morgan fingerprint density at radius 3 is 2.55 bits per heavy atom. The standard InChI is InChI=1S/C23H26N4O2/c1-18-6-5-9-20(16-18)23-25-24-21(29-23)10-11-22(28)27-14-12-26(13-15-27)17-19-7-3-2-4-8-19/h2-9,16H,10-15,17H2,1H3. The summed E-state index contributed by atoms with van der Waals surface area (Å²) < 4.78 is 5.74. The van der Waals surface area contributed by atoms with E-state index in [1.54, 1.807) is 0 Å². The molecule has 6 heteroatoms. The molecule has 29 heavy (non-hydrogen) atoms. The summed E-state index contributed by atoms with van der Waals surface area (Å²) in [6, 6.07) is 18.4. The fraction of sp³-hybridized carbons (Fsp3) is 0.348. The molecule has 0 saturated carbocycles. The number of aryl methyl sites for hydroxylation is 2. The zero-order valence-corrected chi connectivity index (χ0v) is 16.8. The van der Waals surface area contributed by atoms with Crippen LogP contribution in [0.25, 0.3) is 11.5 Å². The van der Waals surface area contributed by atoms with Gasteiger partial charge < -0.3 is 9.32 Å². The van der Waals surface area contributed by atoms with Crippen molar-refractivity contribution in [2.24, 2.45) is 0 Å². The van der Waals surface area contributed by atoms with E-state index < -0.39 is 0 Å². The Morgan fingerprint density at radius 1 is 1.00 bits per heavy atom. The Morgan fingerprint density at radius 2 is 1.79 bits per heavy atom. The van der Waals surface area contributed by atoms with Crippen molar-refractivity contribution in [3.8, 4) is 11.5 Å². The highest BCUT2D eigenvalue weighted by Gasteiger charge is 2.21. The molecule has 0 radical (unpaired) electrons. The Labute approximate surface area is 171 Å². The van der Waals surface area contributed by atoms with Gasteiger partial charge in [-0.3, -0.25) is 9.69 Å². The zero-order chi connectivity index (χ0) is 20.1. The second-order valence-corrected chi connectivity index (χ2v) is 7.51. The summed E-state index contributed by atoms with van der Waals surface area (Å²) in [6.45, 7) is 6.30. The molecular weight excluding hydrogens is 364 g/mol. The lowest BCUT2D eigenvalue weighted by Gasteiger charge is -2.34. The monoisotopic (exact) mass is 390 g/mol. The van der Waals surface area contributed by atoms with Gasteiger partial charge in [0.1, 0.15) is 0 Å². The van der Waals surface area contributed by atoms with Gasteiger partial charge in [0.05, 0.1) is 0 Å². The van der Waals surface area contributed by atoms with Gasteiger partial charge in [-0.15, -0.1) is 10.2 Å². The molecule has 0 atom stereocenters. The first-order chi connectivity index (χ1) is 14.2. The van der Waals surface area contributed by atoms with Crippen LogP contribution in [0, 0.1) is 6.92 Å².